The molecule has 0 aromatic heterocycles. The van der Waals surface area contributed by atoms with Crippen LogP contribution in [0.15, 0.2) is 59.1 Å². The Morgan fingerprint density at radius 1 is 1.16 bits per heavy atom. The summed E-state index contributed by atoms with van der Waals surface area (Å²) in [6.07, 6.45) is 5.39. The highest BCUT2D eigenvalue weighted by Crippen LogP contribution is 2.06. The molecule has 4 N–H and O–H groups in total. The van der Waals surface area contributed by atoms with E-state index in [-0.39, 0.29) is 0 Å². The highest BCUT2D eigenvalue weighted by atomic mass is 15.0. The Morgan fingerprint density at radius 2 is 1.74 bits per heavy atom. The van der Waals surface area contributed by atoms with Gasteiger partial charge in [-0.2, -0.15) is 0 Å². The van der Waals surface area contributed by atoms with E-state index >= 15 is 0 Å². The van der Waals surface area contributed by atoms with Crippen LogP contribution in [-0.4, -0.2) is 12.0 Å². The predicted molar refractivity (Wildman–Crippen MR) is 85.1 cm³/mol. The number of hydrogen-bond donors (Lipinski definition) is 2. The highest BCUT2D eigenvalue weighted by molar-refractivity contribution is 5.97. The van der Waals surface area contributed by atoms with Gasteiger partial charge in [-0.05, 0) is 19.4 Å². The first kappa shape index (κ1) is 17.1. The van der Waals surface area contributed by atoms with Crippen LogP contribution in [0.4, 0.5) is 0 Å². The molecule has 1 aromatic carbocycles. The molecule has 1 rings (SSSR count). The maximum absolute atomic E-state index is 5.97. The van der Waals surface area contributed by atoms with Crippen molar-refractivity contribution in [3.63, 3.8) is 0 Å². The molecule has 3 nitrogen and oxygen atoms in total. The van der Waals surface area contributed by atoms with Crippen molar-refractivity contribution in [1.82, 2.24) is 0 Å². The second-order valence-electron chi connectivity index (χ2n) is 3.61. The third kappa shape index (κ3) is 6.02. The zero-order chi connectivity index (χ0) is 14.7. The second-order valence-corrected chi connectivity index (χ2v) is 3.61. The number of benzene rings is 1. The molecule has 0 aliphatic heterocycles. The van der Waals surface area contributed by atoms with Crippen LogP contribution in [0.25, 0.3) is 0 Å². The lowest BCUT2D eigenvalue weighted by atomic mass is 10.1. The summed E-state index contributed by atoms with van der Waals surface area (Å²) in [5, 5.41) is 0. The lowest BCUT2D eigenvalue weighted by Crippen LogP contribution is -2.25. The molecule has 0 fully saturated rings. The number of nitrogens with two attached hydrogens (primary N) is 2. The van der Waals surface area contributed by atoms with Crippen molar-refractivity contribution in [3.8, 4) is 0 Å². The van der Waals surface area contributed by atoms with Gasteiger partial charge in [0.1, 0.15) is 12.0 Å². The first-order chi connectivity index (χ1) is 9.19. The first-order valence-electron chi connectivity index (χ1n) is 6.62. The molecule has 0 radical (unpaired) electrons. The van der Waals surface area contributed by atoms with E-state index in [1.165, 1.54) is 0 Å². The number of allylic oxidation sites excluding steroid dienone is 2. The van der Waals surface area contributed by atoms with E-state index < -0.39 is 6.17 Å². The maximum Gasteiger partial charge on any atom is 0.127 e. The molecule has 1 unspecified atom stereocenters. The summed E-state index contributed by atoms with van der Waals surface area (Å²) in [5.74, 6) is 0.460. The van der Waals surface area contributed by atoms with Gasteiger partial charge in [-0.1, -0.05) is 62.4 Å². The molecule has 0 saturated carbocycles. The Kier molecular flexibility index (Phi) is 9.10. The van der Waals surface area contributed by atoms with Crippen molar-refractivity contribution in [2.45, 2.75) is 33.9 Å². The van der Waals surface area contributed by atoms with Gasteiger partial charge in [-0.3, -0.25) is 0 Å². The van der Waals surface area contributed by atoms with Crippen LogP contribution >= 0.6 is 0 Å². The van der Waals surface area contributed by atoms with Gasteiger partial charge < -0.3 is 11.5 Å². The summed E-state index contributed by atoms with van der Waals surface area (Å²) in [6.45, 7) is 7.88. The van der Waals surface area contributed by atoms with Crippen LogP contribution in [0.2, 0.25) is 0 Å². The van der Waals surface area contributed by atoms with Crippen LogP contribution in [0.3, 0.4) is 0 Å². The average Bonchev–Trinajstić information content (AvgIpc) is 2.47. The number of nitrogens with zero attached hydrogens (tertiary/aromatic N) is 1. The third-order valence-electron chi connectivity index (χ3n) is 2.38. The molecule has 1 aromatic rings. The van der Waals surface area contributed by atoms with E-state index in [0.29, 0.717) is 5.84 Å². The molecule has 0 aliphatic rings. The minimum absolute atomic E-state index is 0.420. The summed E-state index contributed by atoms with van der Waals surface area (Å²) in [5.41, 5.74) is 13.7. The Balaban J connectivity index is 0.00000154. The summed E-state index contributed by atoms with van der Waals surface area (Å²) >= 11 is 0. The Bertz CT molecular complexity index is 431. The van der Waals surface area contributed by atoms with Crippen molar-refractivity contribution in [2.24, 2.45) is 16.5 Å². The summed E-state index contributed by atoms with van der Waals surface area (Å²) in [6, 6.07) is 9.61. The van der Waals surface area contributed by atoms with E-state index in [0.717, 1.165) is 11.1 Å². The normalized spacial score (nSPS) is 13.9. The first-order valence-corrected chi connectivity index (χ1v) is 6.62. The monoisotopic (exact) mass is 259 g/mol. The van der Waals surface area contributed by atoms with Crippen molar-refractivity contribution >= 4 is 5.84 Å². The smallest absolute Gasteiger partial charge is 0.127 e. The molecule has 0 bridgehead atoms. The molecular formula is C16H25N3. The van der Waals surface area contributed by atoms with Gasteiger partial charge in [0.15, 0.2) is 0 Å². The molecule has 3 heteroatoms. The summed E-state index contributed by atoms with van der Waals surface area (Å²) in [4.78, 5) is 4.29. The van der Waals surface area contributed by atoms with E-state index in [1.54, 1.807) is 0 Å². The second kappa shape index (κ2) is 10.1. The Labute approximate surface area is 116 Å². The fraction of sp³-hybridized carbons (Fsp3) is 0.312. The fourth-order valence-electron chi connectivity index (χ4n) is 1.47. The molecule has 0 heterocycles. The van der Waals surface area contributed by atoms with Gasteiger partial charge in [0.05, 0.1) is 0 Å². The van der Waals surface area contributed by atoms with Gasteiger partial charge >= 0.3 is 0 Å². The topological polar surface area (TPSA) is 64.4 Å². The number of hydrogen-bond acceptors (Lipinski definition) is 2. The van der Waals surface area contributed by atoms with Gasteiger partial charge in [0.2, 0.25) is 0 Å². The van der Waals surface area contributed by atoms with E-state index in [4.69, 9.17) is 11.5 Å². The maximum atomic E-state index is 5.97. The van der Waals surface area contributed by atoms with Crippen molar-refractivity contribution in [1.29, 1.82) is 0 Å². The lowest BCUT2D eigenvalue weighted by Gasteiger charge is -2.09. The third-order valence-corrected chi connectivity index (χ3v) is 2.38. The SMILES string of the molecule is C/C=C\C(=C/C)C(N)/N=C(\N)c1ccccc1.CC. The summed E-state index contributed by atoms with van der Waals surface area (Å²) < 4.78 is 0. The van der Waals surface area contributed by atoms with Crippen LogP contribution in [0, 0.1) is 0 Å². The van der Waals surface area contributed by atoms with Gasteiger partial charge in [-0.15, -0.1) is 0 Å². The van der Waals surface area contributed by atoms with E-state index in [1.807, 2.05) is 76.3 Å². The number of amidine groups is 1. The van der Waals surface area contributed by atoms with E-state index in [2.05, 4.69) is 4.99 Å². The minimum Gasteiger partial charge on any atom is -0.383 e. The Morgan fingerprint density at radius 3 is 2.21 bits per heavy atom. The predicted octanol–water partition coefficient (Wildman–Crippen LogP) is 3.23. The quantitative estimate of drug-likeness (QED) is 0.495. The lowest BCUT2D eigenvalue weighted by molar-refractivity contribution is 0.836. The molecule has 104 valence electrons. The zero-order valence-electron chi connectivity index (χ0n) is 12.3. The van der Waals surface area contributed by atoms with E-state index in [9.17, 15) is 0 Å². The van der Waals surface area contributed by atoms with Crippen LogP contribution < -0.4 is 11.5 Å². The van der Waals surface area contributed by atoms with Crippen LogP contribution in [-0.2, 0) is 0 Å². The molecule has 0 saturated heterocycles. The summed E-state index contributed by atoms with van der Waals surface area (Å²) in [7, 11) is 0. The molecule has 0 amide bonds. The van der Waals surface area contributed by atoms with Crippen molar-refractivity contribution in [3.05, 3.63) is 59.7 Å². The van der Waals surface area contributed by atoms with Gasteiger partial charge in [-0.25, -0.2) is 4.99 Å². The molecule has 19 heavy (non-hydrogen) atoms. The number of rotatable bonds is 4. The standard InChI is InChI=1S/C14H19N3.C2H6/c1-3-8-11(4-2)13(15)17-14(16)12-9-6-5-7-10-12;1-2/h3-10,13H,15H2,1-2H3,(H2,16,17);1-2H3/b8-3-,11-4+;. The average molecular weight is 259 g/mol. The molecule has 0 spiro atoms. The number of aliphatic imine (C=N–C) groups is 1. The molecule has 0 aliphatic carbocycles. The minimum atomic E-state index is -0.420. The van der Waals surface area contributed by atoms with Crippen molar-refractivity contribution in [2.75, 3.05) is 0 Å². The fourth-order valence-corrected chi connectivity index (χ4v) is 1.47. The van der Waals surface area contributed by atoms with Crippen molar-refractivity contribution < 1.29 is 0 Å². The van der Waals surface area contributed by atoms with Crippen LogP contribution in [0.5, 0.6) is 0 Å². The van der Waals surface area contributed by atoms with Gasteiger partial charge in [0, 0.05) is 5.56 Å². The Hall–Kier alpha value is -1.87. The van der Waals surface area contributed by atoms with Gasteiger partial charge in [0.25, 0.3) is 0 Å². The molecular weight excluding hydrogens is 234 g/mol. The highest BCUT2D eigenvalue weighted by Gasteiger charge is 2.05. The zero-order valence-corrected chi connectivity index (χ0v) is 12.3. The largest absolute Gasteiger partial charge is 0.383 e. The molecule has 1 atom stereocenters. The van der Waals surface area contributed by atoms with Crippen LogP contribution in [0.1, 0.15) is 33.3 Å².